The molecule has 2 amide bonds. The number of carbonyl (C=O) groups excluding carboxylic acids is 2. The summed E-state index contributed by atoms with van der Waals surface area (Å²) in [4.78, 5) is 40.5. The number of hydrogen-bond acceptors (Lipinski definition) is 5. The number of anilines is 1. The topological polar surface area (TPSA) is 118 Å². The molecule has 5 rings (SSSR count). The molecule has 2 aliphatic rings. The van der Waals surface area contributed by atoms with Gasteiger partial charge in [0.2, 0.25) is 0 Å². The van der Waals surface area contributed by atoms with Crippen molar-refractivity contribution in [3.63, 3.8) is 0 Å². The number of pyridine rings is 1. The zero-order chi connectivity index (χ0) is 24.4. The molecule has 0 aliphatic heterocycles. The fourth-order valence-corrected chi connectivity index (χ4v) is 4.97. The van der Waals surface area contributed by atoms with E-state index in [9.17, 15) is 14.4 Å². The van der Waals surface area contributed by atoms with Crippen molar-refractivity contribution in [2.24, 2.45) is 5.92 Å². The molecule has 1 aromatic heterocycles. The van der Waals surface area contributed by atoms with Crippen LogP contribution in [0.3, 0.4) is 0 Å². The summed E-state index contributed by atoms with van der Waals surface area (Å²) in [6, 6.07) is 20.7. The Balaban J connectivity index is 1.19. The Kier molecular flexibility index (Phi) is 6.18. The van der Waals surface area contributed by atoms with Crippen LogP contribution >= 0.6 is 0 Å². The summed E-state index contributed by atoms with van der Waals surface area (Å²) in [7, 11) is 0. The number of aromatic nitrogens is 1. The molecule has 0 spiro atoms. The SMILES string of the molecule is O=C(Nc1cccc(C(=O)NC2CCC(C(=O)O)C2)n1)OCC1c2ccccc2-c2ccccc21. The third-order valence-electron chi connectivity index (χ3n) is 6.67. The van der Waals surface area contributed by atoms with Gasteiger partial charge >= 0.3 is 12.1 Å². The molecule has 1 saturated carbocycles. The Labute approximate surface area is 202 Å². The molecule has 3 N–H and O–H groups in total. The van der Waals surface area contributed by atoms with Crippen LogP contribution < -0.4 is 10.6 Å². The third kappa shape index (κ3) is 4.73. The van der Waals surface area contributed by atoms with Gasteiger partial charge in [-0.3, -0.25) is 14.9 Å². The van der Waals surface area contributed by atoms with Crippen LogP contribution in [0.2, 0.25) is 0 Å². The number of carbonyl (C=O) groups is 3. The number of carboxylic acids is 1. The molecular formula is C27H25N3O5. The summed E-state index contributed by atoms with van der Waals surface area (Å²) in [5, 5.41) is 14.6. The van der Waals surface area contributed by atoms with E-state index >= 15 is 0 Å². The molecule has 1 heterocycles. The lowest BCUT2D eigenvalue weighted by Crippen LogP contribution is -2.34. The zero-order valence-corrected chi connectivity index (χ0v) is 18.9. The molecule has 8 heteroatoms. The lowest BCUT2D eigenvalue weighted by molar-refractivity contribution is -0.141. The number of amides is 2. The normalized spacial score (nSPS) is 18.4. The van der Waals surface area contributed by atoms with Gasteiger partial charge in [-0.05, 0) is 53.6 Å². The Morgan fingerprint density at radius 1 is 0.914 bits per heavy atom. The number of aliphatic carboxylic acids is 1. The van der Waals surface area contributed by atoms with E-state index in [0.29, 0.717) is 19.3 Å². The van der Waals surface area contributed by atoms with E-state index in [1.54, 1.807) is 18.2 Å². The number of carboxylic acid groups (broad SMARTS) is 1. The van der Waals surface area contributed by atoms with Gasteiger partial charge in [0.1, 0.15) is 18.1 Å². The zero-order valence-electron chi connectivity index (χ0n) is 18.9. The van der Waals surface area contributed by atoms with Crippen molar-refractivity contribution < 1.29 is 24.2 Å². The second-order valence-corrected chi connectivity index (χ2v) is 8.88. The minimum absolute atomic E-state index is 0.0562. The molecular weight excluding hydrogens is 446 g/mol. The van der Waals surface area contributed by atoms with Gasteiger partial charge in [-0.1, -0.05) is 54.6 Å². The van der Waals surface area contributed by atoms with Crippen molar-refractivity contribution in [2.45, 2.75) is 31.2 Å². The van der Waals surface area contributed by atoms with Gasteiger partial charge in [-0.25, -0.2) is 9.78 Å². The van der Waals surface area contributed by atoms with Crippen molar-refractivity contribution in [3.8, 4) is 11.1 Å². The van der Waals surface area contributed by atoms with Crippen LogP contribution in [-0.2, 0) is 9.53 Å². The first kappa shape index (κ1) is 22.6. The Morgan fingerprint density at radius 2 is 1.60 bits per heavy atom. The molecule has 0 radical (unpaired) electrons. The number of ether oxygens (including phenoxy) is 1. The van der Waals surface area contributed by atoms with Crippen LogP contribution in [0.1, 0.15) is 46.8 Å². The fourth-order valence-electron chi connectivity index (χ4n) is 4.97. The van der Waals surface area contributed by atoms with Crippen molar-refractivity contribution in [1.82, 2.24) is 10.3 Å². The van der Waals surface area contributed by atoms with E-state index in [1.165, 1.54) is 0 Å². The van der Waals surface area contributed by atoms with Crippen LogP contribution in [0.4, 0.5) is 10.6 Å². The lowest BCUT2D eigenvalue weighted by Gasteiger charge is -2.15. The van der Waals surface area contributed by atoms with Gasteiger partial charge in [0, 0.05) is 12.0 Å². The van der Waals surface area contributed by atoms with Crippen molar-refractivity contribution in [1.29, 1.82) is 0 Å². The second-order valence-electron chi connectivity index (χ2n) is 8.88. The summed E-state index contributed by atoms with van der Waals surface area (Å²) in [5.41, 5.74) is 4.68. The molecule has 0 bridgehead atoms. The van der Waals surface area contributed by atoms with E-state index < -0.39 is 23.9 Å². The maximum Gasteiger partial charge on any atom is 0.412 e. The standard InChI is InChI=1S/C27H25N3O5/c31-25(28-17-13-12-16(14-17)26(32)33)23-10-5-11-24(29-23)30-27(34)35-15-22-20-8-3-1-6-18(20)19-7-2-4-9-21(19)22/h1-11,16-17,22H,12-15H2,(H,28,31)(H,32,33)(H,29,30,34). The highest BCUT2D eigenvalue weighted by molar-refractivity contribution is 5.93. The monoisotopic (exact) mass is 471 g/mol. The quantitative estimate of drug-likeness (QED) is 0.490. The highest BCUT2D eigenvalue weighted by atomic mass is 16.5. The molecule has 2 atom stereocenters. The minimum atomic E-state index is -0.839. The summed E-state index contributed by atoms with van der Waals surface area (Å²) in [6.07, 6.45) is 0.896. The van der Waals surface area contributed by atoms with E-state index in [2.05, 4.69) is 27.8 Å². The first-order chi connectivity index (χ1) is 17.0. The van der Waals surface area contributed by atoms with Gasteiger partial charge < -0.3 is 15.2 Å². The molecule has 0 saturated heterocycles. The molecule has 3 aromatic rings. The predicted molar refractivity (Wildman–Crippen MR) is 129 cm³/mol. The van der Waals surface area contributed by atoms with Gasteiger partial charge in [0.15, 0.2) is 0 Å². The van der Waals surface area contributed by atoms with Gasteiger partial charge in [0.05, 0.1) is 5.92 Å². The third-order valence-corrected chi connectivity index (χ3v) is 6.67. The average molecular weight is 472 g/mol. The van der Waals surface area contributed by atoms with Crippen LogP contribution in [0.5, 0.6) is 0 Å². The van der Waals surface area contributed by atoms with Gasteiger partial charge in [-0.2, -0.15) is 0 Å². The number of nitrogens with one attached hydrogen (secondary N) is 2. The van der Waals surface area contributed by atoms with Crippen LogP contribution in [0.25, 0.3) is 11.1 Å². The first-order valence-electron chi connectivity index (χ1n) is 11.6. The smallest absolute Gasteiger partial charge is 0.412 e. The van der Waals surface area contributed by atoms with Crippen molar-refractivity contribution in [2.75, 3.05) is 11.9 Å². The number of nitrogens with zero attached hydrogens (tertiary/aromatic N) is 1. The molecule has 2 aliphatic carbocycles. The summed E-state index contributed by atoms with van der Waals surface area (Å²) in [5.74, 6) is -1.54. The molecule has 178 valence electrons. The van der Waals surface area contributed by atoms with Crippen LogP contribution in [-0.4, -0.2) is 40.7 Å². The Morgan fingerprint density at radius 3 is 2.26 bits per heavy atom. The number of fused-ring (bicyclic) bond motifs is 3. The second kappa shape index (κ2) is 9.58. The summed E-state index contributed by atoms with van der Waals surface area (Å²) in [6.45, 7) is 0.173. The molecule has 1 fully saturated rings. The highest BCUT2D eigenvalue weighted by Crippen LogP contribution is 2.44. The Bertz CT molecular complexity index is 1250. The van der Waals surface area contributed by atoms with E-state index in [0.717, 1.165) is 22.3 Å². The number of rotatable bonds is 6. The minimum Gasteiger partial charge on any atom is -0.481 e. The molecule has 2 aromatic carbocycles. The van der Waals surface area contributed by atoms with E-state index in [-0.39, 0.29) is 30.1 Å². The summed E-state index contributed by atoms with van der Waals surface area (Å²) < 4.78 is 5.54. The highest BCUT2D eigenvalue weighted by Gasteiger charge is 2.31. The first-order valence-corrected chi connectivity index (χ1v) is 11.6. The van der Waals surface area contributed by atoms with Gasteiger partial charge in [-0.15, -0.1) is 0 Å². The average Bonchev–Trinajstić information content (AvgIpc) is 3.46. The number of benzene rings is 2. The number of hydrogen-bond donors (Lipinski definition) is 3. The predicted octanol–water partition coefficient (Wildman–Crippen LogP) is 4.43. The Hall–Kier alpha value is -4.20. The largest absolute Gasteiger partial charge is 0.481 e. The molecule has 8 nitrogen and oxygen atoms in total. The summed E-state index contributed by atoms with van der Waals surface area (Å²) >= 11 is 0. The van der Waals surface area contributed by atoms with Gasteiger partial charge in [0.25, 0.3) is 5.91 Å². The van der Waals surface area contributed by atoms with Crippen molar-refractivity contribution in [3.05, 3.63) is 83.6 Å². The maximum absolute atomic E-state index is 12.6. The van der Waals surface area contributed by atoms with E-state index in [1.807, 2.05) is 36.4 Å². The van der Waals surface area contributed by atoms with E-state index in [4.69, 9.17) is 9.84 Å². The molecule has 2 unspecified atom stereocenters. The van der Waals surface area contributed by atoms with Crippen molar-refractivity contribution >= 4 is 23.8 Å². The lowest BCUT2D eigenvalue weighted by atomic mass is 9.98. The molecule has 35 heavy (non-hydrogen) atoms. The maximum atomic E-state index is 12.6. The van der Waals surface area contributed by atoms with Crippen LogP contribution in [0, 0.1) is 5.92 Å². The fraction of sp³-hybridized carbons (Fsp3) is 0.259. The van der Waals surface area contributed by atoms with Crippen LogP contribution in [0.15, 0.2) is 66.7 Å².